The maximum Gasteiger partial charge on any atom is 0.227 e. The maximum atomic E-state index is 11.2. The highest BCUT2D eigenvalue weighted by molar-refractivity contribution is 5.93. The van der Waals surface area contributed by atoms with E-state index in [1.54, 1.807) is 30.6 Å². The minimum atomic E-state index is 0.0595. The molecule has 0 atom stereocenters. The SMILES string of the molecule is C#CC.C=CC.C=CC.CC.CC(=O)n1cc(C)c2ccccc21. The molecule has 132 valence electrons. The predicted molar refractivity (Wildman–Crippen MR) is 111 cm³/mol. The monoisotopic (exact) mass is 327 g/mol. The molecule has 1 aromatic heterocycles. The number of carbonyl (C=O) groups excluding carboxylic acids is 1. The number of nitrogens with zero attached hydrogens (tertiary/aromatic N) is 1. The van der Waals surface area contributed by atoms with E-state index in [0.717, 1.165) is 16.5 Å². The van der Waals surface area contributed by atoms with Crippen molar-refractivity contribution in [1.82, 2.24) is 4.57 Å². The molecular weight excluding hydrogens is 294 g/mol. The van der Waals surface area contributed by atoms with Crippen molar-refractivity contribution in [2.75, 3.05) is 0 Å². The van der Waals surface area contributed by atoms with Crippen LogP contribution in [0.15, 0.2) is 55.8 Å². The summed E-state index contributed by atoms with van der Waals surface area (Å²) in [5.74, 6) is 2.31. The van der Waals surface area contributed by atoms with Crippen LogP contribution in [0.1, 0.15) is 51.9 Å². The highest BCUT2D eigenvalue weighted by Gasteiger charge is 2.06. The average Bonchev–Trinajstić information content (AvgIpc) is 2.90. The molecule has 0 bridgehead atoms. The summed E-state index contributed by atoms with van der Waals surface area (Å²) >= 11 is 0. The van der Waals surface area contributed by atoms with E-state index < -0.39 is 0 Å². The average molecular weight is 328 g/mol. The first-order valence-corrected chi connectivity index (χ1v) is 8.04. The van der Waals surface area contributed by atoms with Crippen molar-refractivity contribution in [1.29, 1.82) is 0 Å². The van der Waals surface area contributed by atoms with Gasteiger partial charge in [-0.3, -0.25) is 9.36 Å². The molecule has 0 spiro atoms. The molecule has 2 heteroatoms. The zero-order valence-electron chi connectivity index (χ0n) is 16.4. The Morgan fingerprint density at radius 3 is 1.92 bits per heavy atom. The van der Waals surface area contributed by atoms with Gasteiger partial charge in [0.05, 0.1) is 5.52 Å². The Balaban J connectivity index is -0.000000337. The molecule has 0 aliphatic heterocycles. The summed E-state index contributed by atoms with van der Waals surface area (Å²) in [7, 11) is 0. The van der Waals surface area contributed by atoms with E-state index in [9.17, 15) is 4.79 Å². The largest absolute Gasteiger partial charge is 0.287 e. The second-order valence-corrected chi connectivity index (χ2v) is 4.32. The van der Waals surface area contributed by atoms with Crippen LogP contribution in [0.5, 0.6) is 0 Å². The summed E-state index contributed by atoms with van der Waals surface area (Å²) in [6.07, 6.45) is 9.98. The van der Waals surface area contributed by atoms with E-state index in [4.69, 9.17) is 0 Å². The molecule has 0 N–H and O–H groups in total. The molecule has 1 aromatic carbocycles. The van der Waals surface area contributed by atoms with Crippen LogP contribution in [0.25, 0.3) is 10.9 Å². The van der Waals surface area contributed by atoms with E-state index in [1.165, 1.54) is 0 Å². The number of hydrogen-bond donors (Lipinski definition) is 0. The van der Waals surface area contributed by atoms with Gasteiger partial charge in [-0.25, -0.2) is 0 Å². The quantitative estimate of drug-likeness (QED) is 0.391. The number of carbonyl (C=O) groups is 1. The third kappa shape index (κ3) is 11.1. The summed E-state index contributed by atoms with van der Waals surface area (Å²) in [6.45, 7) is 19.7. The standard InChI is InChI=1S/C11H11NO.2C3H6.C3H4.C2H6/c1-8-7-12(9(2)13)11-6-4-3-5-10(8)11;3*1-3-2;1-2/h3-7H,1-2H3;2*3H,1H2,2H3;1H,2H3;1-2H3. The van der Waals surface area contributed by atoms with Crippen LogP contribution in [0, 0.1) is 19.3 Å². The van der Waals surface area contributed by atoms with Crippen LogP contribution in [-0.2, 0) is 0 Å². The third-order valence-corrected chi connectivity index (χ3v) is 2.25. The van der Waals surface area contributed by atoms with Gasteiger partial charge in [-0.15, -0.1) is 25.5 Å². The van der Waals surface area contributed by atoms with Gasteiger partial charge in [0, 0.05) is 18.5 Å². The Morgan fingerprint density at radius 2 is 1.54 bits per heavy atom. The highest BCUT2D eigenvalue weighted by Crippen LogP contribution is 2.19. The van der Waals surface area contributed by atoms with Crippen LogP contribution >= 0.6 is 0 Å². The number of aryl methyl sites for hydroxylation is 1. The van der Waals surface area contributed by atoms with Gasteiger partial charge >= 0.3 is 0 Å². The Labute approximate surface area is 148 Å². The lowest BCUT2D eigenvalue weighted by molar-refractivity contribution is 0.0941. The molecule has 0 radical (unpaired) electrons. The highest BCUT2D eigenvalue weighted by atomic mass is 16.1. The normalized spacial score (nSPS) is 7.42. The number of hydrogen-bond acceptors (Lipinski definition) is 1. The topological polar surface area (TPSA) is 22.0 Å². The van der Waals surface area contributed by atoms with Crippen LogP contribution < -0.4 is 0 Å². The van der Waals surface area contributed by atoms with Gasteiger partial charge in [0.15, 0.2) is 0 Å². The molecular formula is C22H33NO. The fraction of sp³-hybridized carbons (Fsp3) is 0.318. The van der Waals surface area contributed by atoms with Gasteiger partial charge in [0.1, 0.15) is 0 Å². The number of para-hydroxylation sites is 1. The zero-order chi connectivity index (χ0) is 19.5. The van der Waals surface area contributed by atoms with Gasteiger partial charge in [-0.05, 0) is 39.3 Å². The Morgan fingerprint density at radius 1 is 1.17 bits per heavy atom. The minimum Gasteiger partial charge on any atom is -0.287 e. The van der Waals surface area contributed by atoms with Crippen molar-refractivity contribution in [3.63, 3.8) is 0 Å². The van der Waals surface area contributed by atoms with Crippen molar-refractivity contribution in [3.8, 4) is 12.3 Å². The number of benzene rings is 1. The minimum absolute atomic E-state index is 0.0595. The van der Waals surface area contributed by atoms with E-state index in [1.807, 2.05) is 65.1 Å². The Hall–Kier alpha value is -2.53. The van der Waals surface area contributed by atoms with Crippen LogP contribution in [0.2, 0.25) is 0 Å². The number of rotatable bonds is 0. The molecule has 2 aromatic rings. The van der Waals surface area contributed by atoms with Gasteiger partial charge < -0.3 is 0 Å². The fourth-order valence-corrected chi connectivity index (χ4v) is 1.61. The summed E-state index contributed by atoms with van der Waals surface area (Å²) in [6, 6.07) is 7.93. The molecule has 0 fully saturated rings. The van der Waals surface area contributed by atoms with E-state index in [-0.39, 0.29) is 5.91 Å². The molecule has 0 saturated heterocycles. The molecule has 0 aliphatic carbocycles. The molecule has 0 aliphatic rings. The molecule has 0 unspecified atom stereocenters. The first kappa shape index (κ1) is 26.4. The second-order valence-electron chi connectivity index (χ2n) is 4.32. The summed E-state index contributed by atoms with van der Waals surface area (Å²) in [5, 5.41) is 1.15. The zero-order valence-corrected chi connectivity index (χ0v) is 16.4. The number of allylic oxidation sites excluding steroid dienone is 2. The number of fused-ring (bicyclic) bond motifs is 1. The summed E-state index contributed by atoms with van der Waals surface area (Å²) < 4.78 is 1.69. The van der Waals surface area contributed by atoms with Gasteiger partial charge in [0.25, 0.3) is 0 Å². The van der Waals surface area contributed by atoms with Crippen LogP contribution in [-0.4, -0.2) is 10.5 Å². The van der Waals surface area contributed by atoms with Gasteiger partial charge in [0.2, 0.25) is 5.91 Å². The summed E-state index contributed by atoms with van der Waals surface area (Å²) in [4.78, 5) is 11.2. The molecule has 24 heavy (non-hydrogen) atoms. The molecule has 2 rings (SSSR count). The van der Waals surface area contributed by atoms with Gasteiger partial charge in [-0.2, -0.15) is 0 Å². The van der Waals surface area contributed by atoms with Crippen molar-refractivity contribution < 1.29 is 4.79 Å². The van der Waals surface area contributed by atoms with E-state index >= 15 is 0 Å². The van der Waals surface area contributed by atoms with Crippen LogP contribution in [0.3, 0.4) is 0 Å². The van der Waals surface area contributed by atoms with Crippen molar-refractivity contribution in [2.45, 2.75) is 48.5 Å². The maximum absolute atomic E-state index is 11.2. The first-order valence-electron chi connectivity index (χ1n) is 8.04. The van der Waals surface area contributed by atoms with Crippen molar-refractivity contribution in [3.05, 3.63) is 61.3 Å². The van der Waals surface area contributed by atoms with Gasteiger partial charge in [-0.1, -0.05) is 44.2 Å². The molecule has 1 heterocycles. The lowest BCUT2D eigenvalue weighted by Crippen LogP contribution is -2.02. The smallest absolute Gasteiger partial charge is 0.227 e. The second kappa shape index (κ2) is 18.5. The fourth-order valence-electron chi connectivity index (χ4n) is 1.61. The molecule has 0 saturated carbocycles. The van der Waals surface area contributed by atoms with Crippen molar-refractivity contribution in [2.24, 2.45) is 0 Å². The number of aromatic nitrogens is 1. The predicted octanol–water partition coefficient (Wildman–Crippen LogP) is 6.66. The Kier molecular flexibility index (Phi) is 20.3. The van der Waals surface area contributed by atoms with E-state index in [0.29, 0.717) is 0 Å². The lowest BCUT2D eigenvalue weighted by atomic mass is 10.2. The van der Waals surface area contributed by atoms with Crippen molar-refractivity contribution >= 4 is 16.8 Å². The third-order valence-electron chi connectivity index (χ3n) is 2.25. The van der Waals surface area contributed by atoms with Crippen LogP contribution in [0.4, 0.5) is 0 Å². The lowest BCUT2D eigenvalue weighted by Gasteiger charge is -1.97. The first-order chi connectivity index (χ1) is 11.4. The summed E-state index contributed by atoms with van der Waals surface area (Å²) in [5.41, 5.74) is 2.14. The molecule has 0 amide bonds. The Bertz CT molecular complexity index is 621. The number of terminal acetylenes is 1. The molecule has 2 nitrogen and oxygen atoms in total. The van der Waals surface area contributed by atoms with E-state index in [2.05, 4.69) is 25.5 Å².